The molecule has 1 aliphatic rings. The van der Waals surface area contributed by atoms with E-state index >= 15 is 0 Å². The number of hydrogen-bond donors (Lipinski definition) is 1. The van der Waals surface area contributed by atoms with Gasteiger partial charge < -0.3 is 5.32 Å². The van der Waals surface area contributed by atoms with Crippen LogP contribution in [0.1, 0.15) is 37.3 Å². The van der Waals surface area contributed by atoms with E-state index < -0.39 is 0 Å². The molecule has 20 heavy (non-hydrogen) atoms. The molecule has 5 heteroatoms. The van der Waals surface area contributed by atoms with Gasteiger partial charge in [0.05, 0.1) is 17.9 Å². The van der Waals surface area contributed by atoms with Crippen molar-refractivity contribution < 1.29 is 4.39 Å². The lowest BCUT2D eigenvalue weighted by Gasteiger charge is -2.08. The summed E-state index contributed by atoms with van der Waals surface area (Å²) >= 11 is 0. The van der Waals surface area contributed by atoms with Crippen LogP contribution >= 0.6 is 12.4 Å². The summed E-state index contributed by atoms with van der Waals surface area (Å²) in [6.45, 7) is 0.619. The Morgan fingerprint density at radius 1 is 1.30 bits per heavy atom. The average Bonchev–Trinajstić information content (AvgIpc) is 3.07. The van der Waals surface area contributed by atoms with Gasteiger partial charge in [-0.25, -0.2) is 4.39 Å². The number of rotatable bonds is 4. The smallest absolute Gasteiger partial charge is 0.123 e. The third kappa shape index (κ3) is 3.51. The summed E-state index contributed by atoms with van der Waals surface area (Å²) in [5, 5.41) is 7.69. The molecule has 0 bridgehead atoms. The minimum atomic E-state index is -0.194. The van der Waals surface area contributed by atoms with Gasteiger partial charge >= 0.3 is 0 Å². The number of benzene rings is 1. The fraction of sp³-hybridized carbons (Fsp3) is 0.400. The predicted octanol–water partition coefficient (Wildman–Crippen LogP) is 4.17. The number of hydrogen-bond acceptors (Lipinski definition) is 2. The first-order chi connectivity index (χ1) is 9.31. The zero-order valence-corrected chi connectivity index (χ0v) is 12.1. The molecule has 3 nitrogen and oxygen atoms in total. The molecule has 0 amide bonds. The SMILES string of the molecule is Cl.Fc1cccc(CNc2cnn(C3CCCC3)c2)c1. The van der Waals surface area contributed by atoms with E-state index in [1.165, 1.54) is 31.7 Å². The second-order valence-electron chi connectivity index (χ2n) is 5.13. The molecule has 1 N–H and O–H groups in total. The van der Waals surface area contributed by atoms with Crippen LogP contribution in [0.15, 0.2) is 36.7 Å². The van der Waals surface area contributed by atoms with Crippen molar-refractivity contribution >= 4 is 18.1 Å². The molecule has 108 valence electrons. The van der Waals surface area contributed by atoms with Crippen molar-refractivity contribution in [2.45, 2.75) is 38.3 Å². The molecule has 0 saturated heterocycles. The Bertz CT molecular complexity index is 550. The number of nitrogens with one attached hydrogen (secondary N) is 1. The molecular weight excluding hydrogens is 277 g/mol. The first-order valence-corrected chi connectivity index (χ1v) is 6.84. The van der Waals surface area contributed by atoms with Crippen molar-refractivity contribution in [2.75, 3.05) is 5.32 Å². The van der Waals surface area contributed by atoms with Crippen LogP contribution in [0.25, 0.3) is 0 Å². The molecule has 1 aromatic heterocycles. The van der Waals surface area contributed by atoms with Gasteiger partial charge in [0.1, 0.15) is 5.82 Å². The standard InChI is InChI=1S/C15H18FN3.ClH/c16-13-5-3-4-12(8-13)9-17-14-10-18-19(11-14)15-6-1-2-7-15;/h3-5,8,10-11,15,17H,1-2,6-7,9H2;1H. The van der Waals surface area contributed by atoms with Crippen LogP contribution in [-0.4, -0.2) is 9.78 Å². The van der Waals surface area contributed by atoms with Crippen LogP contribution in [0.2, 0.25) is 0 Å². The zero-order chi connectivity index (χ0) is 13.1. The number of aromatic nitrogens is 2. The lowest BCUT2D eigenvalue weighted by atomic mass is 10.2. The van der Waals surface area contributed by atoms with E-state index in [1.807, 2.05) is 12.3 Å². The van der Waals surface area contributed by atoms with Crippen molar-refractivity contribution in [3.63, 3.8) is 0 Å². The van der Waals surface area contributed by atoms with E-state index in [0.717, 1.165) is 11.3 Å². The summed E-state index contributed by atoms with van der Waals surface area (Å²) in [7, 11) is 0. The second kappa shape index (κ2) is 6.75. The molecule has 1 aliphatic carbocycles. The summed E-state index contributed by atoms with van der Waals surface area (Å²) in [4.78, 5) is 0. The zero-order valence-electron chi connectivity index (χ0n) is 11.3. The maximum absolute atomic E-state index is 13.1. The largest absolute Gasteiger partial charge is 0.378 e. The summed E-state index contributed by atoms with van der Waals surface area (Å²) in [6, 6.07) is 7.21. The summed E-state index contributed by atoms with van der Waals surface area (Å²) in [5.74, 6) is -0.194. The Morgan fingerprint density at radius 2 is 2.10 bits per heavy atom. The molecule has 2 aromatic rings. The van der Waals surface area contributed by atoms with E-state index in [4.69, 9.17) is 0 Å². The van der Waals surface area contributed by atoms with Crippen molar-refractivity contribution in [3.05, 3.63) is 48.0 Å². The molecule has 0 atom stereocenters. The third-order valence-corrected chi connectivity index (χ3v) is 3.69. The highest BCUT2D eigenvalue weighted by molar-refractivity contribution is 5.85. The fourth-order valence-corrected chi connectivity index (χ4v) is 2.65. The second-order valence-corrected chi connectivity index (χ2v) is 5.13. The minimum absolute atomic E-state index is 0. The van der Waals surface area contributed by atoms with Gasteiger partial charge in [0.2, 0.25) is 0 Å². The molecule has 0 radical (unpaired) electrons. The summed E-state index contributed by atoms with van der Waals surface area (Å²) in [6.07, 6.45) is 8.95. The van der Waals surface area contributed by atoms with Crippen LogP contribution in [0.5, 0.6) is 0 Å². The lowest BCUT2D eigenvalue weighted by molar-refractivity contribution is 0.467. The number of nitrogens with zero attached hydrogens (tertiary/aromatic N) is 2. The highest BCUT2D eigenvalue weighted by atomic mass is 35.5. The van der Waals surface area contributed by atoms with Gasteiger partial charge in [-0.15, -0.1) is 12.4 Å². The maximum Gasteiger partial charge on any atom is 0.123 e. The Morgan fingerprint density at radius 3 is 2.85 bits per heavy atom. The normalized spacial score (nSPS) is 15.1. The van der Waals surface area contributed by atoms with E-state index in [9.17, 15) is 4.39 Å². The third-order valence-electron chi connectivity index (χ3n) is 3.69. The Balaban J connectivity index is 0.00000147. The average molecular weight is 296 g/mol. The van der Waals surface area contributed by atoms with Crippen LogP contribution in [-0.2, 0) is 6.54 Å². The van der Waals surface area contributed by atoms with Gasteiger partial charge in [-0.1, -0.05) is 25.0 Å². The van der Waals surface area contributed by atoms with E-state index in [-0.39, 0.29) is 18.2 Å². The topological polar surface area (TPSA) is 29.9 Å². The first kappa shape index (κ1) is 14.9. The van der Waals surface area contributed by atoms with Crippen molar-refractivity contribution in [3.8, 4) is 0 Å². The fourth-order valence-electron chi connectivity index (χ4n) is 2.65. The van der Waals surface area contributed by atoms with Gasteiger partial charge in [-0.3, -0.25) is 4.68 Å². The number of anilines is 1. The highest BCUT2D eigenvalue weighted by Crippen LogP contribution is 2.29. The molecule has 1 heterocycles. The van der Waals surface area contributed by atoms with Gasteiger partial charge in [0.25, 0.3) is 0 Å². The van der Waals surface area contributed by atoms with Crippen LogP contribution in [0.3, 0.4) is 0 Å². The van der Waals surface area contributed by atoms with Gasteiger partial charge in [-0.2, -0.15) is 5.10 Å². The molecule has 3 rings (SSSR count). The molecule has 1 fully saturated rings. The molecule has 1 aromatic carbocycles. The Kier molecular flexibility index (Phi) is 5.01. The summed E-state index contributed by atoms with van der Waals surface area (Å²) < 4.78 is 15.1. The Labute approximate surface area is 124 Å². The van der Waals surface area contributed by atoms with Crippen LogP contribution in [0, 0.1) is 5.82 Å². The van der Waals surface area contributed by atoms with E-state index in [0.29, 0.717) is 12.6 Å². The minimum Gasteiger partial charge on any atom is -0.378 e. The molecule has 0 aliphatic heterocycles. The molecule has 0 unspecified atom stereocenters. The van der Waals surface area contributed by atoms with Crippen molar-refractivity contribution in [1.29, 1.82) is 0 Å². The lowest BCUT2D eigenvalue weighted by Crippen LogP contribution is -2.04. The molecule has 1 saturated carbocycles. The van der Waals surface area contributed by atoms with Gasteiger partial charge in [-0.05, 0) is 30.5 Å². The predicted molar refractivity (Wildman–Crippen MR) is 80.7 cm³/mol. The first-order valence-electron chi connectivity index (χ1n) is 6.84. The van der Waals surface area contributed by atoms with Crippen molar-refractivity contribution in [1.82, 2.24) is 9.78 Å². The number of halogens is 2. The van der Waals surface area contributed by atoms with Crippen LogP contribution in [0.4, 0.5) is 10.1 Å². The quantitative estimate of drug-likeness (QED) is 0.917. The molecular formula is C15H19ClFN3. The highest BCUT2D eigenvalue weighted by Gasteiger charge is 2.17. The van der Waals surface area contributed by atoms with Gasteiger partial charge in [0.15, 0.2) is 0 Å². The summed E-state index contributed by atoms with van der Waals surface area (Å²) in [5.41, 5.74) is 1.93. The van der Waals surface area contributed by atoms with E-state index in [1.54, 1.807) is 12.1 Å². The monoisotopic (exact) mass is 295 g/mol. The van der Waals surface area contributed by atoms with Crippen LogP contribution < -0.4 is 5.32 Å². The van der Waals surface area contributed by atoms with Crippen molar-refractivity contribution in [2.24, 2.45) is 0 Å². The Hall–Kier alpha value is -1.55. The van der Waals surface area contributed by atoms with E-state index in [2.05, 4.69) is 21.3 Å². The van der Waals surface area contributed by atoms with Gasteiger partial charge in [0, 0.05) is 12.7 Å². The molecule has 0 spiro atoms. The maximum atomic E-state index is 13.1.